The van der Waals surface area contributed by atoms with Crippen LogP contribution in [0.5, 0.6) is 0 Å². The molecule has 2 aromatic rings. The van der Waals surface area contributed by atoms with E-state index in [1.807, 2.05) is 24.3 Å². The SMILES string of the molecule is O=C(CC1CCOCC1)c1cnc2ccccc2n1. The third-order valence-corrected chi connectivity index (χ3v) is 3.55. The van der Waals surface area contributed by atoms with Crippen LogP contribution in [0.1, 0.15) is 29.8 Å². The van der Waals surface area contributed by atoms with Crippen LogP contribution in [0.25, 0.3) is 11.0 Å². The zero-order chi connectivity index (χ0) is 13.1. The Morgan fingerprint density at radius 1 is 1.21 bits per heavy atom. The molecular formula is C15H16N2O2. The van der Waals surface area contributed by atoms with Crippen LogP contribution in [-0.4, -0.2) is 29.0 Å². The standard InChI is InChI=1S/C15H16N2O2/c18-15(9-11-5-7-19-8-6-11)14-10-16-12-3-1-2-4-13(12)17-14/h1-4,10-11H,5-9H2. The lowest BCUT2D eigenvalue weighted by molar-refractivity contribution is 0.0599. The van der Waals surface area contributed by atoms with Crippen molar-refractivity contribution in [3.8, 4) is 0 Å². The lowest BCUT2D eigenvalue weighted by Crippen LogP contribution is -2.19. The minimum absolute atomic E-state index is 0.0881. The van der Waals surface area contributed by atoms with E-state index in [2.05, 4.69) is 9.97 Å². The fraction of sp³-hybridized carbons (Fsp3) is 0.400. The van der Waals surface area contributed by atoms with Gasteiger partial charge in [0, 0.05) is 19.6 Å². The van der Waals surface area contributed by atoms with Gasteiger partial charge in [0.25, 0.3) is 0 Å². The van der Waals surface area contributed by atoms with Crippen molar-refractivity contribution in [2.75, 3.05) is 13.2 Å². The zero-order valence-corrected chi connectivity index (χ0v) is 10.7. The monoisotopic (exact) mass is 256 g/mol. The molecule has 1 aliphatic rings. The molecule has 1 aromatic heterocycles. The van der Waals surface area contributed by atoms with Gasteiger partial charge in [0.05, 0.1) is 17.2 Å². The van der Waals surface area contributed by atoms with Gasteiger partial charge >= 0.3 is 0 Å². The molecule has 1 aromatic carbocycles. The molecule has 4 nitrogen and oxygen atoms in total. The average molecular weight is 256 g/mol. The second-order valence-electron chi connectivity index (χ2n) is 4.93. The van der Waals surface area contributed by atoms with E-state index in [4.69, 9.17) is 4.74 Å². The second kappa shape index (κ2) is 5.45. The van der Waals surface area contributed by atoms with E-state index >= 15 is 0 Å². The molecule has 98 valence electrons. The number of benzene rings is 1. The third-order valence-electron chi connectivity index (χ3n) is 3.55. The van der Waals surface area contributed by atoms with Crippen molar-refractivity contribution >= 4 is 16.8 Å². The van der Waals surface area contributed by atoms with Crippen molar-refractivity contribution in [1.82, 2.24) is 9.97 Å². The Labute approximate surface area is 111 Å². The largest absolute Gasteiger partial charge is 0.381 e. The van der Waals surface area contributed by atoms with Crippen LogP contribution < -0.4 is 0 Å². The van der Waals surface area contributed by atoms with Crippen LogP contribution in [0.4, 0.5) is 0 Å². The highest BCUT2D eigenvalue weighted by molar-refractivity contribution is 5.95. The summed E-state index contributed by atoms with van der Waals surface area (Å²) in [6.45, 7) is 1.53. The molecule has 4 heteroatoms. The predicted octanol–water partition coefficient (Wildman–Crippen LogP) is 2.63. The lowest BCUT2D eigenvalue weighted by atomic mass is 9.93. The number of carbonyl (C=O) groups excluding carboxylic acids is 1. The van der Waals surface area contributed by atoms with Crippen molar-refractivity contribution in [1.29, 1.82) is 0 Å². The molecule has 0 radical (unpaired) electrons. The Bertz CT molecular complexity index is 591. The van der Waals surface area contributed by atoms with Gasteiger partial charge in [-0.05, 0) is 30.9 Å². The van der Waals surface area contributed by atoms with Crippen molar-refractivity contribution in [2.24, 2.45) is 5.92 Å². The fourth-order valence-corrected chi connectivity index (χ4v) is 2.41. The summed E-state index contributed by atoms with van der Waals surface area (Å²) in [5.41, 5.74) is 2.08. The molecule has 1 aliphatic heterocycles. The number of hydrogen-bond acceptors (Lipinski definition) is 4. The Morgan fingerprint density at radius 2 is 1.95 bits per heavy atom. The average Bonchev–Trinajstić information content (AvgIpc) is 2.48. The van der Waals surface area contributed by atoms with E-state index in [-0.39, 0.29) is 5.78 Å². The lowest BCUT2D eigenvalue weighted by Gasteiger charge is -2.20. The molecule has 19 heavy (non-hydrogen) atoms. The van der Waals surface area contributed by atoms with Gasteiger partial charge in [0.2, 0.25) is 0 Å². The number of hydrogen-bond donors (Lipinski definition) is 0. The number of rotatable bonds is 3. The number of para-hydroxylation sites is 2. The number of ketones is 1. The van der Waals surface area contributed by atoms with E-state index in [1.165, 1.54) is 0 Å². The maximum Gasteiger partial charge on any atom is 0.183 e. The molecule has 3 rings (SSSR count). The van der Waals surface area contributed by atoms with Crippen LogP contribution in [0.15, 0.2) is 30.5 Å². The highest BCUT2D eigenvalue weighted by Crippen LogP contribution is 2.20. The summed E-state index contributed by atoms with van der Waals surface area (Å²) in [7, 11) is 0. The molecule has 0 aliphatic carbocycles. The highest BCUT2D eigenvalue weighted by atomic mass is 16.5. The summed E-state index contributed by atoms with van der Waals surface area (Å²) < 4.78 is 5.31. The van der Waals surface area contributed by atoms with Gasteiger partial charge in [0.15, 0.2) is 5.78 Å². The van der Waals surface area contributed by atoms with Gasteiger partial charge in [-0.15, -0.1) is 0 Å². The maximum atomic E-state index is 12.2. The molecule has 2 heterocycles. The fourth-order valence-electron chi connectivity index (χ4n) is 2.41. The molecule has 0 atom stereocenters. The second-order valence-corrected chi connectivity index (χ2v) is 4.93. The van der Waals surface area contributed by atoms with E-state index < -0.39 is 0 Å². The Morgan fingerprint density at radius 3 is 2.74 bits per heavy atom. The first-order valence-electron chi connectivity index (χ1n) is 6.65. The van der Waals surface area contributed by atoms with Gasteiger partial charge in [-0.25, -0.2) is 4.98 Å². The number of nitrogens with zero attached hydrogens (tertiary/aromatic N) is 2. The Balaban J connectivity index is 1.77. The number of aromatic nitrogens is 2. The number of fused-ring (bicyclic) bond motifs is 1. The van der Waals surface area contributed by atoms with Gasteiger partial charge in [-0.2, -0.15) is 0 Å². The van der Waals surface area contributed by atoms with Crippen molar-refractivity contribution in [2.45, 2.75) is 19.3 Å². The highest BCUT2D eigenvalue weighted by Gasteiger charge is 2.19. The van der Waals surface area contributed by atoms with Crippen LogP contribution in [0, 0.1) is 5.92 Å². The van der Waals surface area contributed by atoms with Crippen LogP contribution in [-0.2, 0) is 4.74 Å². The summed E-state index contributed by atoms with van der Waals surface area (Å²) >= 11 is 0. The summed E-state index contributed by atoms with van der Waals surface area (Å²) in [5.74, 6) is 0.514. The van der Waals surface area contributed by atoms with Crippen LogP contribution >= 0.6 is 0 Å². The van der Waals surface area contributed by atoms with E-state index in [1.54, 1.807) is 6.20 Å². The number of carbonyl (C=O) groups is 1. The van der Waals surface area contributed by atoms with Crippen molar-refractivity contribution in [3.05, 3.63) is 36.2 Å². The quantitative estimate of drug-likeness (QED) is 0.792. The van der Waals surface area contributed by atoms with Crippen LogP contribution in [0.3, 0.4) is 0 Å². The topological polar surface area (TPSA) is 52.1 Å². The molecule has 1 fully saturated rings. The summed E-state index contributed by atoms with van der Waals surface area (Å²) in [6.07, 6.45) is 4.07. The minimum atomic E-state index is 0.0881. The van der Waals surface area contributed by atoms with E-state index in [9.17, 15) is 4.79 Å². The first kappa shape index (κ1) is 12.2. The molecule has 1 saturated heterocycles. The van der Waals surface area contributed by atoms with Gasteiger partial charge in [-0.3, -0.25) is 9.78 Å². The van der Waals surface area contributed by atoms with Gasteiger partial charge in [0.1, 0.15) is 5.69 Å². The normalized spacial score (nSPS) is 16.6. The minimum Gasteiger partial charge on any atom is -0.381 e. The maximum absolute atomic E-state index is 12.2. The van der Waals surface area contributed by atoms with Gasteiger partial charge in [-0.1, -0.05) is 12.1 Å². The first-order valence-corrected chi connectivity index (χ1v) is 6.65. The number of Topliss-reactive ketones (excluding diaryl/α,β-unsaturated/α-hetero) is 1. The van der Waals surface area contributed by atoms with Crippen molar-refractivity contribution in [3.63, 3.8) is 0 Å². The summed E-state index contributed by atoms with van der Waals surface area (Å²) in [4.78, 5) is 20.9. The molecule has 0 spiro atoms. The summed E-state index contributed by atoms with van der Waals surface area (Å²) in [5, 5.41) is 0. The van der Waals surface area contributed by atoms with E-state index in [0.29, 0.717) is 18.0 Å². The molecule has 0 bridgehead atoms. The Hall–Kier alpha value is -1.81. The van der Waals surface area contributed by atoms with Gasteiger partial charge < -0.3 is 4.74 Å². The van der Waals surface area contributed by atoms with Crippen molar-refractivity contribution < 1.29 is 9.53 Å². The first-order chi connectivity index (χ1) is 9.33. The smallest absolute Gasteiger partial charge is 0.183 e. The third kappa shape index (κ3) is 2.79. The predicted molar refractivity (Wildman–Crippen MR) is 72.0 cm³/mol. The van der Waals surface area contributed by atoms with Crippen LogP contribution in [0.2, 0.25) is 0 Å². The van der Waals surface area contributed by atoms with E-state index in [0.717, 1.165) is 37.1 Å². The number of ether oxygens (including phenoxy) is 1. The molecule has 0 unspecified atom stereocenters. The summed E-state index contributed by atoms with van der Waals surface area (Å²) in [6, 6.07) is 7.60. The molecule has 0 saturated carbocycles. The molecule has 0 amide bonds. The molecular weight excluding hydrogens is 240 g/mol. The molecule has 0 N–H and O–H groups in total. The Kier molecular flexibility index (Phi) is 3.51. The zero-order valence-electron chi connectivity index (χ0n) is 10.7.